The number of nitrogens with one attached hydrogen (secondary N) is 2. The first kappa shape index (κ1) is 18.7. The Morgan fingerprint density at radius 2 is 2.04 bits per heavy atom. The Bertz CT molecular complexity index is 884. The number of carbonyl (C=O) groups excluding carboxylic acids is 1. The standard InChI is InChI=1S/C20H19ClN4O2/c21-16-3-6-19(26)15(9-16)12-23-11-14-7-18(8-14)25-20(27)24-17-4-1-13(10-22)2-5-17/h1-6,9,12,14,18,26H,7-8,11H2,(H2,24,25,27). The number of halogens is 1. The third kappa shape index (κ3) is 5.22. The van der Waals surface area contributed by atoms with Crippen molar-refractivity contribution in [2.75, 3.05) is 11.9 Å². The lowest BCUT2D eigenvalue weighted by Crippen LogP contribution is -2.46. The number of anilines is 1. The van der Waals surface area contributed by atoms with Gasteiger partial charge in [0.25, 0.3) is 0 Å². The molecule has 1 saturated carbocycles. The first-order chi connectivity index (χ1) is 13.0. The van der Waals surface area contributed by atoms with E-state index in [4.69, 9.17) is 16.9 Å². The first-order valence-electron chi connectivity index (χ1n) is 8.59. The average Bonchev–Trinajstić information content (AvgIpc) is 2.63. The molecule has 1 aliphatic carbocycles. The fourth-order valence-electron chi connectivity index (χ4n) is 2.91. The van der Waals surface area contributed by atoms with Crippen molar-refractivity contribution in [1.29, 1.82) is 5.26 Å². The molecule has 0 bridgehead atoms. The second-order valence-corrected chi connectivity index (χ2v) is 6.96. The lowest BCUT2D eigenvalue weighted by Gasteiger charge is -2.34. The zero-order chi connectivity index (χ0) is 19.2. The average molecular weight is 383 g/mol. The summed E-state index contributed by atoms with van der Waals surface area (Å²) in [5.74, 6) is 0.554. The normalized spacial score (nSPS) is 18.5. The zero-order valence-corrected chi connectivity index (χ0v) is 15.3. The molecule has 0 atom stereocenters. The van der Waals surface area contributed by atoms with E-state index in [1.807, 2.05) is 6.07 Å². The molecule has 0 spiro atoms. The molecule has 1 fully saturated rings. The van der Waals surface area contributed by atoms with E-state index in [1.54, 1.807) is 48.7 Å². The van der Waals surface area contributed by atoms with Gasteiger partial charge in [-0.25, -0.2) is 4.79 Å². The largest absolute Gasteiger partial charge is 0.507 e. The summed E-state index contributed by atoms with van der Waals surface area (Å²) in [5, 5.41) is 24.7. The maximum Gasteiger partial charge on any atom is 0.319 e. The molecule has 27 heavy (non-hydrogen) atoms. The Morgan fingerprint density at radius 1 is 1.30 bits per heavy atom. The van der Waals surface area contributed by atoms with Crippen molar-refractivity contribution in [2.24, 2.45) is 10.9 Å². The zero-order valence-electron chi connectivity index (χ0n) is 14.5. The minimum Gasteiger partial charge on any atom is -0.507 e. The Hall–Kier alpha value is -3.04. The van der Waals surface area contributed by atoms with Crippen LogP contribution in [0.4, 0.5) is 10.5 Å². The predicted molar refractivity (Wildman–Crippen MR) is 105 cm³/mol. The summed E-state index contributed by atoms with van der Waals surface area (Å²) in [6, 6.07) is 13.4. The number of rotatable bonds is 5. The Labute approximate surface area is 162 Å². The smallest absolute Gasteiger partial charge is 0.319 e. The fourth-order valence-corrected chi connectivity index (χ4v) is 3.09. The van der Waals surface area contributed by atoms with Crippen LogP contribution in [-0.2, 0) is 0 Å². The summed E-state index contributed by atoms with van der Waals surface area (Å²) in [6.07, 6.45) is 3.35. The molecule has 2 aromatic carbocycles. The van der Waals surface area contributed by atoms with Gasteiger partial charge in [0.05, 0.1) is 11.6 Å². The van der Waals surface area contributed by atoms with Crippen molar-refractivity contribution in [2.45, 2.75) is 18.9 Å². The van der Waals surface area contributed by atoms with Crippen LogP contribution >= 0.6 is 11.6 Å². The third-order valence-corrected chi connectivity index (χ3v) is 4.66. The van der Waals surface area contributed by atoms with Crippen molar-refractivity contribution >= 4 is 29.5 Å². The number of benzene rings is 2. The highest BCUT2D eigenvalue weighted by atomic mass is 35.5. The first-order valence-corrected chi connectivity index (χ1v) is 8.97. The van der Waals surface area contributed by atoms with Gasteiger partial charge in [-0.05, 0) is 61.2 Å². The molecule has 2 aromatic rings. The van der Waals surface area contributed by atoms with Crippen LogP contribution in [0.3, 0.4) is 0 Å². The molecular formula is C20H19ClN4O2. The van der Waals surface area contributed by atoms with Crippen LogP contribution in [0.5, 0.6) is 5.75 Å². The number of aliphatic imine (C=N–C) groups is 1. The van der Waals surface area contributed by atoms with Crippen molar-refractivity contribution < 1.29 is 9.90 Å². The quantitative estimate of drug-likeness (QED) is 0.683. The molecule has 1 aliphatic rings. The molecule has 0 aliphatic heterocycles. The minimum atomic E-state index is -0.254. The maximum atomic E-state index is 12.0. The van der Waals surface area contributed by atoms with Gasteiger partial charge in [-0.1, -0.05) is 11.6 Å². The van der Waals surface area contributed by atoms with Gasteiger partial charge in [-0.2, -0.15) is 5.26 Å². The number of phenols is 1. The second-order valence-electron chi connectivity index (χ2n) is 6.52. The lowest BCUT2D eigenvalue weighted by molar-refractivity contribution is 0.214. The minimum absolute atomic E-state index is 0.128. The van der Waals surface area contributed by atoms with Gasteiger partial charge in [0.1, 0.15) is 5.75 Å². The second kappa shape index (κ2) is 8.56. The molecule has 138 valence electrons. The van der Waals surface area contributed by atoms with Crippen molar-refractivity contribution in [3.05, 3.63) is 58.6 Å². The van der Waals surface area contributed by atoms with Gasteiger partial charge in [0.15, 0.2) is 0 Å². The number of urea groups is 1. The van der Waals surface area contributed by atoms with Crippen molar-refractivity contribution in [3.8, 4) is 11.8 Å². The van der Waals surface area contributed by atoms with E-state index in [-0.39, 0.29) is 17.8 Å². The van der Waals surface area contributed by atoms with E-state index in [0.29, 0.717) is 34.3 Å². The van der Waals surface area contributed by atoms with Crippen LogP contribution in [0.2, 0.25) is 5.02 Å². The summed E-state index contributed by atoms with van der Waals surface area (Å²) < 4.78 is 0. The number of nitriles is 1. The van der Waals surface area contributed by atoms with E-state index >= 15 is 0 Å². The Balaban J connectivity index is 1.39. The van der Waals surface area contributed by atoms with Crippen molar-refractivity contribution in [1.82, 2.24) is 5.32 Å². The summed E-state index contributed by atoms with van der Waals surface area (Å²) in [7, 11) is 0. The van der Waals surface area contributed by atoms with Gasteiger partial charge >= 0.3 is 6.03 Å². The van der Waals surface area contributed by atoms with E-state index in [0.717, 1.165) is 12.8 Å². The maximum absolute atomic E-state index is 12.0. The van der Waals surface area contributed by atoms with E-state index < -0.39 is 0 Å². The van der Waals surface area contributed by atoms with Crippen molar-refractivity contribution in [3.63, 3.8) is 0 Å². The van der Waals surface area contributed by atoms with Gasteiger partial charge in [0, 0.05) is 35.1 Å². The molecule has 2 amide bonds. The Morgan fingerprint density at radius 3 is 2.74 bits per heavy atom. The molecule has 0 aromatic heterocycles. The number of hydrogen-bond acceptors (Lipinski definition) is 4. The topological polar surface area (TPSA) is 97.5 Å². The SMILES string of the molecule is N#Cc1ccc(NC(=O)NC2CC(CN=Cc3cc(Cl)ccc3O)C2)cc1. The van der Waals surface area contributed by atoms with Crippen LogP contribution in [0.25, 0.3) is 0 Å². The monoisotopic (exact) mass is 382 g/mol. The summed E-state index contributed by atoms with van der Waals surface area (Å²) >= 11 is 5.90. The number of hydrogen-bond donors (Lipinski definition) is 3. The predicted octanol–water partition coefficient (Wildman–Crippen LogP) is 3.94. The van der Waals surface area contributed by atoms with Gasteiger partial charge in [-0.3, -0.25) is 4.99 Å². The summed E-state index contributed by atoms with van der Waals surface area (Å²) in [4.78, 5) is 16.4. The molecular weight excluding hydrogens is 364 g/mol. The molecule has 0 unspecified atom stereocenters. The number of amides is 2. The highest BCUT2D eigenvalue weighted by Gasteiger charge is 2.29. The van der Waals surface area contributed by atoms with Gasteiger partial charge in [-0.15, -0.1) is 0 Å². The van der Waals surface area contributed by atoms with E-state index in [2.05, 4.69) is 15.6 Å². The Kier molecular flexibility index (Phi) is 5.94. The molecule has 0 saturated heterocycles. The molecule has 7 heteroatoms. The van der Waals surface area contributed by atoms with Gasteiger partial charge < -0.3 is 15.7 Å². The van der Waals surface area contributed by atoms with Crippen LogP contribution < -0.4 is 10.6 Å². The number of phenolic OH excluding ortho intramolecular Hbond substituents is 1. The van der Waals surface area contributed by atoms with Crippen LogP contribution in [0.15, 0.2) is 47.5 Å². The highest BCUT2D eigenvalue weighted by molar-refractivity contribution is 6.30. The fraction of sp³-hybridized carbons (Fsp3) is 0.250. The number of carbonyl (C=O) groups is 1. The van der Waals surface area contributed by atoms with E-state index in [1.165, 1.54) is 0 Å². The molecule has 6 nitrogen and oxygen atoms in total. The third-order valence-electron chi connectivity index (χ3n) is 4.43. The summed E-state index contributed by atoms with van der Waals surface area (Å²) in [5.41, 5.74) is 1.79. The van der Waals surface area contributed by atoms with Crippen LogP contribution in [-0.4, -0.2) is 29.9 Å². The number of nitrogens with zero attached hydrogens (tertiary/aromatic N) is 2. The van der Waals surface area contributed by atoms with Gasteiger partial charge in [0.2, 0.25) is 0 Å². The summed E-state index contributed by atoms with van der Waals surface area (Å²) in [6.45, 7) is 0.640. The van der Waals surface area contributed by atoms with Crippen LogP contribution in [0.1, 0.15) is 24.0 Å². The number of aromatic hydroxyl groups is 1. The van der Waals surface area contributed by atoms with E-state index in [9.17, 15) is 9.90 Å². The highest BCUT2D eigenvalue weighted by Crippen LogP contribution is 2.28. The van der Waals surface area contributed by atoms with Crippen LogP contribution in [0, 0.1) is 17.2 Å². The molecule has 3 rings (SSSR count). The molecule has 0 radical (unpaired) electrons. The molecule has 3 N–H and O–H groups in total. The lowest BCUT2D eigenvalue weighted by atomic mass is 9.80. The molecule has 0 heterocycles.